The van der Waals surface area contributed by atoms with Crippen molar-refractivity contribution in [1.29, 1.82) is 0 Å². The Hall–Kier alpha value is -1.81. The lowest BCUT2D eigenvalue weighted by Gasteiger charge is -2.16. The van der Waals surface area contributed by atoms with Gasteiger partial charge in [-0.3, -0.25) is 19.2 Å². The van der Waals surface area contributed by atoms with Gasteiger partial charge in [0.1, 0.15) is 20.0 Å². The van der Waals surface area contributed by atoms with E-state index in [2.05, 4.69) is 23.3 Å². The van der Waals surface area contributed by atoms with Crippen LogP contribution in [0.3, 0.4) is 0 Å². The Kier molecular flexibility index (Phi) is 7.43. The van der Waals surface area contributed by atoms with Crippen LogP contribution in [0.15, 0.2) is 0 Å². The SMILES string of the molecule is [2H]N[C@H](CCC(=O)N[C@@H](CS)C(=O)NCC(=O)O)C(=O)O. The molecule has 114 valence electrons. The molecule has 0 fully saturated rings. The zero-order valence-corrected chi connectivity index (χ0v) is 11.4. The van der Waals surface area contributed by atoms with Crippen LogP contribution in [-0.2, 0) is 19.2 Å². The quantitative estimate of drug-likeness (QED) is 0.250. The van der Waals surface area contributed by atoms with Crippen molar-refractivity contribution in [2.45, 2.75) is 24.9 Å². The molecular weight excluding hydrogens is 290 g/mol. The van der Waals surface area contributed by atoms with Crippen molar-refractivity contribution < 1.29 is 30.8 Å². The lowest BCUT2D eigenvalue weighted by atomic mass is 10.1. The Labute approximate surface area is 121 Å². The average Bonchev–Trinajstić information content (AvgIpc) is 2.42. The van der Waals surface area contributed by atoms with Crippen molar-refractivity contribution >= 4 is 36.4 Å². The number of carboxylic acid groups (broad SMARTS) is 2. The second-order valence-electron chi connectivity index (χ2n) is 3.84. The number of carbonyl (C=O) groups excluding carboxylic acids is 2. The predicted molar refractivity (Wildman–Crippen MR) is 71.3 cm³/mol. The number of rotatable bonds is 10. The topological polar surface area (TPSA) is 159 Å². The summed E-state index contributed by atoms with van der Waals surface area (Å²) in [5.74, 6) is -3.83. The van der Waals surface area contributed by atoms with E-state index in [9.17, 15) is 19.2 Å². The van der Waals surface area contributed by atoms with Gasteiger partial charge in [-0.05, 0) is 6.42 Å². The van der Waals surface area contributed by atoms with Crippen LogP contribution in [0.2, 0.25) is 1.41 Å². The van der Waals surface area contributed by atoms with Crippen LogP contribution in [0.25, 0.3) is 0 Å². The van der Waals surface area contributed by atoms with Gasteiger partial charge in [0.15, 0.2) is 0 Å². The fraction of sp³-hybridized carbons (Fsp3) is 0.600. The van der Waals surface area contributed by atoms with Crippen LogP contribution in [0.5, 0.6) is 0 Å². The Balaban J connectivity index is 4.29. The molecular formula is C10H17N3O6S. The molecule has 0 aromatic carbocycles. The van der Waals surface area contributed by atoms with E-state index in [0.717, 1.165) is 0 Å². The molecule has 0 spiro atoms. The molecule has 20 heavy (non-hydrogen) atoms. The van der Waals surface area contributed by atoms with Crippen molar-refractivity contribution in [2.75, 3.05) is 12.3 Å². The van der Waals surface area contributed by atoms with Gasteiger partial charge in [0, 0.05) is 12.2 Å². The summed E-state index contributed by atoms with van der Waals surface area (Å²) < 4.78 is 6.78. The molecule has 2 atom stereocenters. The molecule has 0 bridgehead atoms. The summed E-state index contributed by atoms with van der Waals surface area (Å²) in [7, 11) is 0. The van der Waals surface area contributed by atoms with Crippen LogP contribution >= 0.6 is 12.6 Å². The van der Waals surface area contributed by atoms with Crippen molar-refractivity contribution in [3.05, 3.63) is 0 Å². The molecule has 9 nitrogen and oxygen atoms in total. The molecule has 6 N–H and O–H groups in total. The van der Waals surface area contributed by atoms with Gasteiger partial charge in [0.2, 0.25) is 11.8 Å². The first kappa shape index (κ1) is 16.2. The summed E-state index contributed by atoms with van der Waals surface area (Å²) in [5, 5.41) is 21.5. The number of amides is 2. The standard InChI is InChI=1S/C10H17N3O6S/c11-5(10(18)19)1-2-7(14)13-6(4-20)9(17)12-3-8(15)16/h5-6,20H,1-4,11H2,(H,12,17)(H,13,14)(H,15,16)(H,18,19)/t5-,6+/m1/s1/i/hD. The first-order valence-corrected chi connectivity index (χ1v) is 6.24. The first-order chi connectivity index (χ1) is 9.81. The molecule has 0 aliphatic heterocycles. The van der Waals surface area contributed by atoms with Crippen molar-refractivity contribution in [3.8, 4) is 0 Å². The number of thiol groups is 1. The average molecular weight is 308 g/mol. The van der Waals surface area contributed by atoms with Gasteiger partial charge in [0.25, 0.3) is 0 Å². The highest BCUT2D eigenvalue weighted by molar-refractivity contribution is 7.80. The van der Waals surface area contributed by atoms with Gasteiger partial charge in [-0.15, -0.1) is 0 Å². The molecule has 0 aromatic heterocycles. The van der Waals surface area contributed by atoms with Crippen LogP contribution in [0.1, 0.15) is 12.8 Å². The van der Waals surface area contributed by atoms with Gasteiger partial charge >= 0.3 is 11.9 Å². The molecule has 0 saturated carbocycles. The molecule has 0 aliphatic rings. The molecule has 0 saturated heterocycles. The minimum Gasteiger partial charge on any atom is -0.480 e. The predicted octanol–water partition coefficient (Wildman–Crippen LogP) is -2.21. The van der Waals surface area contributed by atoms with E-state index in [1.54, 1.807) is 5.73 Å². The van der Waals surface area contributed by atoms with Crippen molar-refractivity contribution in [3.63, 3.8) is 0 Å². The highest BCUT2D eigenvalue weighted by Crippen LogP contribution is 1.97. The Morgan fingerprint density at radius 2 is 1.95 bits per heavy atom. The largest absolute Gasteiger partial charge is 0.480 e. The lowest BCUT2D eigenvalue weighted by molar-refractivity contribution is -0.139. The van der Waals surface area contributed by atoms with Crippen LogP contribution in [0.4, 0.5) is 0 Å². The number of hydrogen-bond donors (Lipinski definition) is 6. The zero-order valence-electron chi connectivity index (χ0n) is 11.5. The molecule has 0 radical (unpaired) electrons. The number of carboxylic acids is 2. The van der Waals surface area contributed by atoms with Crippen molar-refractivity contribution in [2.24, 2.45) is 5.73 Å². The lowest BCUT2D eigenvalue weighted by Crippen LogP contribution is -2.49. The minimum atomic E-state index is -1.26. The Morgan fingerprint density at radius 1 is 1.30 bits per heavy atom. The van der Waals surface area contributed by atoms with Gasteiger partial charge < -0.3 is 26.6 Å². The monoisotopic (exact) mass is 308 g/mol. The maximum Gasteiger partial charge on any atom is 0.322 e. The number of nitrogens with two attached hydrogens (primary N) is 1. The third-order valence-corrected chi connectivity index (χ3v) is 2.57. The van der Waals surface area contributed by atoms with Crippen LogP contribution in [0, 0.1) is 0 Å². The number of carbonyl (C=O) groups is 4. The third-order valence-electron chi connectivity index (χ3n) is 2.21. The maximum atomic E-state index is 11.6. The van der Waals surface area contributed by atoms with E-state index < -0.39 is 42.4 Å². The summed E-state index contributed by atoms with van der Waals surface area (Å²) in [6, 6.07) is -2.21. The normalized spacial score (nSPS) is 13.8. The van der Waals surface area contributed by atoms with E-state index in [0.29, 0.717) is 0 Å². The van der Waals surface area contributed by atoms with Gasteiger partial charge in [-0.2, -0.15) is 12.6 Å². The fourth-order valence-corrected chi connectivity index (χ4v) is 1.40. The maximum absolute atomic E-state index is 11.6. The van der Waals surface area contributed by atoms with Gasteiger partial charge in [-0.25, -0.2) is 0 Å². The molecule has 10 heteroatoms. The Morgan fingerprint density at radius 3 is 2.40 bits per heavy atom. The second-order valence-corrected chi connectivity index (χ2v) is 4.21. The number of nitrogens with one attached hydrogen (secondary N) is 2. The molecule has 0 aliphatic carbocycles. The number of hydrogen-bond acceptors (Lipinski definition) is 6. The molecule has 0 aromatic rings. The minimum absolute atomic E-state index is 0.0454. The van der Waals surface area contributed by atoms with E-state index in [1.165, 1.54) is 0 Å². The van der Waals surface area contributed by atoms with E-state index >= 15 is 0 Å². The smallest absolute Gasteiger partial charge is 0.322 e. The summed E-state index contributed by atoms with van der Waals surface area (Å²) in [6.45, 7) is -0.581. The summed E-state index contributed by atoms with van der Waals surface area (Å²) in [4.78, 5) is 44.1. The van der Waals surface area contributed by atoms with Crippen molar-refractivity contribution in [1.82, 2.24) is 10.6 Å². The van der Waals surface area contributed by atoms with E-state index in [-0.39, 0.29) is 18.6 Å². The number of aliphatic carboxylic acids is 2. The fourth-order valence-electron chi connectivity index (χ4n) is 1.15. The molecule has 2 amide bonds. The summed E-state index contributed by atoms with van der Waals surface area (Å²) in [5.41, 5.74) is 1.79. The highest BCUT2D eigenvalue weighted by Gasteiger charge is 2.20. The first-order valence-electron chi connectivity index (χ1n) is 6.11. The Bertz CT molecular complexity index is 408. The summed E-state index contributed by atoms with van der Waals surface area (Å²) >= 11 is 3.87. The van der Waals surface area contributed by atoms with E-state index in [4.69, 9.17) is 11.6 Å². The molecule has 0 heterocycles. The van der Waals surface area contributed by atoms with Gasteiger partial charge in [0.05, 0.1) is 0 Å². The molecule has 0 unspecified atom stereocenters. The third kappa shape index (κ3) is 7.59. The molecule has 0 rings (SSSR count). The second kappa shape index (κ2) is 9.15. The highest BCUT2D eigenvalue weighted by atomic mass is 32.1. The zero-order chi connectivity index (χ0) is 16.4. The van der Waals surface area contributed by atoms with Gasteiger partial charge in [-0.1, -0.05) is 0 Å². The van der Waals surface area contributed by atoms with E-state index in [1.807, 2.05) is 0 Å². The summed E-state index contributed by atoms with van der Waals surface area (Å²) in [6.07, 6.45) is -0.333. The van der Waals surface area contributed by atoms with Crippen LogP contribution in [-0.4, -0.2) is 58.3 Å². The van der Waals surface area contributed by atoms with Crippen LogP contribution < -0.4 is 16.4 Å².